The molecule has 2 aromatic rings. The first-order chi connectivity index (χ1) is 9.47. The van der Waals surface area contributed by atoms with Gasteiger partial charge in [0.25, 0.3) is 0 Å². The largest absolute Gasteiger partial charge is 0.383 e. The summed E-state index contributed by atoms with van der Waals surface area (Å²) >= 11 is 1.51. The van der Waals surface area contributed by atoms with Gasteiger partial charge in [-0.1, -0.05) is 23.8 Å². The quantitative estimate of drug-likeness (QED) is 0.406. The molecule has 4 N–H and O–H groups in total. The van der Waals surface area contributed by atoms with Crippen molar-refractivity contribution in [2.75, 3.05) is 11.9 Å². The van der Waals surface area contributed by atoms with E-state index in [9.17, 15) is 5.11 Å². The molecule has 1 unspecified atom stereocenters. The lowest BCUT2D eigenvalue weighted by atomic mass is 10.1. The summed E-state index contributed by atoms with van der Waals surface area (Å²) in [5.74, 6) is 0.297. The molecule has 6 heteroatoms. The summed E-state index contributed by atoms with van der Waals surface area (Å²) < 4.78 is 0. The van der Waals surface area contributed by atoms with E-state index in [2.05, 4.69) is 10.3 Å². The molecule has 0 saturated heterocycles. The van der Waals surface area contributed by atoms with Gasteiger partial charge in [0.15, 0.2) is 5.96 Å². The van der Waals surface area contributed by atoms with Crippen molar-refractivity contribution in [1.82, 2.24) is 0 Å². The molecule has 0 bridgehead atoms. The van der Waals surface area contributed by atoms with E-state index in [-0.39, 0.29) is 30.5 Å². The number of guanidine groups is 1. The summed E-state index contributed by atoms with van der Waals surface area (Å²) in [7, 11) is 0. The normalized spacial score (nSPS) is 14.1. The SMILES string of the molecule is Cc1ccc(NC(N)=NCC(C)(O)c2cccs2)cc1.I. The second-order valence-corrected chi connectivity index (χ2v) is 5.89. The summed E-state index contributed by atoms with van der Waals surface area (Å²) in [5, 5.41) is 15.3. The monoisotopic (exact) mass is 417 g/mol. The van der Waals surface area contributed by atoms with Crippen molar-refractivity contribution in [2.45, 2.75) is 19.4 Å². The van der Waals surface area contributed by atoms with Crippen LogP contribution in [-0.2, 0) is 5.60 Å². The highest BCUT2D eigenvalue weighted by Crippen LogP contribution is 2.25. The second kappa shape index (κ2) is 7.77. The van der Waals surface area contributed by atoms with Gasteiger partial charge >= 0.3 is 0 Å². The Bertz CT molecular complexity index is 579. The third kappa shape index (κ3) is 5.29. The molecule has 0 aliphatic rings. The molecular formula is C15H20IN3OS. The Labute approximate surface area is 146 Å². The number of anilines is 1. The van der Waals surface area contributed by atoms with Crippen LogP contribution < -0.4 is 11.1 Å². The number of benzene rings is 1. The van der Waals surface area contributed by atoms with Crippen molar-refractivity contribution in [1.29, 1.82) is 0 Å². The van der Waals surface area contributed by atoms with E-state index < -0.39 is 5.60 Å². The fourth-order valence-electron chi connectivity index (χ4n) is 1.73. The number of hydrogen-bond donors (Lipinski definition) is 3. The number of nitrogens with two attached hydrogens (primary N) is 1. The molecule has 1 aromatic heterocycles. The molecule has 1 atom stereocenters. The van der Waals surface area contributed by atoms with Gasteiger partial charge in [-0.25, -0.2) is 4.99 Å². The van der Waals surface area contributed by atoms with E-state index >= 15 is 0 Å². The lowest BCUT2D eigenvalue weighted by molar-refractivity contribution is 0.0713. The van der Waals surface area contributed by atoms with Gasteiger partial charge in [0.2, 0.25) is 0 Å². The van der Waals surface area contributed by atoms with Crippen molar-refractivity contribution in [3.8, 4) is 0 Å². The van der Waals surface area contributed by atoms with Gasteiger partial charge in [0, 0.05) is 10.6 Å². The zero-order valence-electron chi connectivity index (χ0n) is 12.0. The Morgan fingerprint density at radius 1 is 1.33 bits per heavy atom. The van der Waals surface area contributed by atoms with Crippen molar-refractivity contribution >= 4 is 47.0 Å². The molecule has 0 spiro atoms. The molecular weight excluding hydrogens is 397 g/mol. The first kappa shape index (κ1) is 17.9. The number of rotatable bonds is 4. The van der Waals surface area contributed by atoms with Crippen LogP contribution in [0.1, 0.15) is 17.4 Å². The van der Waals surface area contributed by atoms with Crippen molar-refractivity contribution in [3.63, 3.8) is 0 Å². The zero-order valence-corrected chi connectivity index (χ0v) is 15.2. The molecule has 21 heavy (non-hydrogen) atoms. The van der Waals surface area contributed by atoms with E-state index in [4.69, 9.17) is 5.73 Å². The zero-order chi connectivity index (χ0) is 14.6. The number of nitrogens with zero attached hydrogens (tertiary/aromatic N) is 1. The van der Waals surface area contributed by atoms with E-state index in [1.165, 1.54) is 16.9 Å². The Morgan fingerprint density at radius 2 is 2.00 bits per heavy atom. The van der Waals surface area contributed by atoms with Crippen LogP contribution >= 0.6 is 35.3 Å². The van der Waals surface area contributed by atoms with Gasteiger partial charge in [-0.15, -0.1) is 35.3 Å². The summed E-state index contributed by atoms with van der Waals surface area (Å²) in [6.07, 6.45) is 0. The van der Waals surface area contributed by atoms with Crippen LogP contribution in [0, 0.1) is 6.92 Å². The van der Waals surface area contributed by atoms with Gasteiger partial charge < -0.3 is 16.2 Å². The number of halogens is 1. The van der Waals surface area contributed by atoms with Crippen molar-refractivity contribution < 1.29 is 5.11 Å². The minimum Gasteiger partial charge on any atom is -0.383 e. The Morgan fingerprint density at radius 3 is 2.57 bits per heavy atom. The molecule has 0 fully saturated rings. The Balaban J connectivity index is 0.00000220. The molecule has 0 aliphatic carbocycles. The fraction of sp³-hybridized carbons (Fsp3) is 0.267. The minimum absolute atomic E-state index is 0. The maximum absolute atomic E-state index is 10.3. The third-order valence-electron chi connectivity index (χ3n) is 2.93. The summed E-state index contributed by atoms with van der Waals surface area (Å²) in [4.78, 5) is 5.09. The standard InChI is InChI=1S/C15H19N3OS.HI/c1-11-5-7-12(8-6-11)18-14(16)17-10-15(2,19)13-4-3-9-20-13;/h3-9,19H,10H2,1-2H3,(H3,16,17,18);1H. The predicted molar refractivity (Wildman–Crippen MR) is 101 cm³/mol. The van der Waals surface area contributed by atoms with Crippen LogP contribution in [0.4, 0.5) is 5.69 Å². The lowest BCUT2D eigenvalue weighted by Gasteiger charge is -2.19. The maximum atomic E-state index is 10.3. The van der Waals surface area contributed by atoms with E-state index in [1.54, 1.807) is 6.92 Å². The van der Waals surface area contributed by atoms with Gasteiger partial charge in [-0.05, 0) is 37.4 Å². The predicted octanol–water partition coefficient (Wildman–Crippen LogP) is 3.31. The molecule has 4 nitrogen and oxygen atoms in total. The molecule has 114 valence electrons. The molecule has 0 amide bonds. The summed E-state index contributed by atoms with van der Waals surface area (Å²) in [6.45, 7) is 3.99. The van der Waals surface area contributed by atoms with Crippen molar-refractivity contribution in [2.24, 2.45) is 10.7 Å². The smallest absolute Gasteiger partial charge is 0.193 e. The highest BCUT2D eigenvalue weighted by Gasteiger charge is 2.23. The van der Waals surface area contributed by atoms with Crippen LogP contribution in [0.2, 0.25) is 0 Å². The highest BCUT2D eigenvalue weighted by atomic mass is 127. The van der Waals surface area contributed by atoms with E-state index in [0.29, 0.717) is 5.96 Å². The molecule has 1 heterocycles. The third-order valence-corrected chi connectivity index (χ3v) is 4.06. The Kier molecular flexibility index (Phi) is 6.63. The average molecular weight is 417 g/mol. The van der Waals surface area contributed by atoms with Crippen LogP contribution in [-0.4, -0.2) is 17.6 Å². The molecule has 1 aromatic carbocycles. The van der Waals surface area contributed by atoms with Crippen LogP contribution in [0.3, 0.4) is 0 Å². The minimum atomic E-state index is -0.992. The summed E-state index contributed by atoms with van der Waals surface area (Å²) in [5.41, 5.74) is 6.91. The van der Waals surface area contributed by atoms with Gasteiger partial charge in [-0.3, -0.25) is 0 Å². The number of hydrogen-bond acceptors (Lipinski definition) is 3. The first-order valence-electron chi connectivity index (χ1n) is 6.37. The first-order valence-corrected chi connectivity index (χ1v) is 7.25. The van der Waals surface area contributed by atoms with Gasteiger partial charge in [0.1, 0.15) is 5.60 Å². The molecule has 0 aliphatic heterocycles. The van der Waals surface area contributed by atoms with Crippen LogP contribution in [0.5, 0.6) is 0 Å². The number of aliphatic hydroxyl groups is 1. The van der Waals surface area contributed by atoms with E-state index in [0.717, 1.165) is 10.6 Å². The molecule has 0 saturated carbocycles. The number of nitrogens with one attached hydrogen (secondary N) is 1. The number of thiophene rings is 1. The summed E-state index contributed by atoms with van der Waals surface area (Å²) in [6, 6.07) is 11.7. The van der Waals surface area contributed by atoms with Crippen molar-refractivity contribution in [3.05, 3.63) is 52.2 Å². The fourth-order valence-corrected chi connectivity index (χ4v) is 2.51. The topological polar surface area (TPSA) is 70.6 Å². The highest BCUT2D eigenvalue weighted by molar-refractivity contribution is 14.0. The van der Waals surface area contributed by atoms with Crippen LogP contribution in [0.15, 0.2) is 46.8 Å². The van der Waals surface area contributed by atoms with Crippen LogP contribution in [0.25, 0.3) is 0 Å². The number of aryl methyl sites for hydroxylation is 1. The van der Waals surface area contributed by atoms with Gasteiger partial charge in [-0.2, -0.15) is 0 Å². The van der Waals surface area contributed by atoms with E-state index in [1.807, 2.05) is 48.7 Å². The molecule has 2 rings (SSSR count). The lowest BCUT2D eigenvalue weighted by Crippen LogP contribution is -2.29. The number of aliphatic imine (C=N–C) groups is 1. The second-order valence-electron chi connectivity index (χ2n) is 4.94. The maximum Gasteiger partial charge on any atom is 0.193 e. The molecule has 0 radical (unpaired) electrons. The average Bonchev–Trinajstić information content (AvgIpc) is 2.94. The Hall–Kier alpha value is -1.12. The van der Waals surface area contributed by atoms with Gasteiger partial charge in [0.05, 0.1) is 6.54 Å².